The normalized spacial score (nSPS) is 9.41. The van der Waals surface area contributed by atoms with Crippen molar-refractivity contribution in [2.24, 2.45) is 0 Å². The Morgan fingerprint density at radius 3 is 2.47 bits per heavy atom. The minimum Gasteiger partial charge on any atom is -0.489 e. The predicted octanol–water partition coefficient (Wildman–Crippen LogP) is 4.03. The molecule has 0 bridgehead atoms. The third-order valence-electron chi connectivity index (χ3n) is 2.38. The standard InChI is InChI=1S/C14H13N2O/c1-15-13-9-8-12(10-14(13)17-2)16-11-6-4-3-5-7-11/h1,3-10,16H,2H3/q+1. The predicted molar refractivity (Wildman–Crippen MR) is 70.7 cm³/mol. The zero-order valence-corrected chi connectivity index (χ0v) is 9.55. The lowest BCUT2D eigenvalue weighted by Gasteiger charge is -2.06. The van der Waals surface area contributed by atoms with Crippen molar-refractivity contribution < 1.29 is 4.74 Å². The Hall–Kier alpha value is -2.47. The molecule has 0 spiro atoms. The van der Waals surface area contributed by atoms with Crippen LogP contribution in [-0.2, 0) is 0 Å². The Balaban J connectivity index is 2.26. The first-order valence-corrected chi connectivity index (χ1v) is 5.24. The van der Waals surface area contributed by atoms with E-state index in [2.05, 4.69) is 10.2 Å². The Labute approximate surface area is 100 Å². The highest BCUT2D eigenvalue weighted by Crippen LogP contribution is 2.31. The Kier molecular flexibility index (Phi) is 3.27. The lowest BCUT2D eigenvalue weighted by molar-refractivity contribution is 0.417. The van der Waals surface area contributed by atoms with Gasteiger partial charge in [-0.15, -0.1) is 0 Å². The third-order valence-corrected chi connectivity index (χ3v) is 2.38. The molecule has 0 aliphatic carbocycles. The maximum Gasteiger partial charge on any atom is 0.381 e. The van der Waals surface area contributed by atoms with Gasteiger partial charge in [0.05, 0.1) is 7.11 Å². The maximum atomic E-state index is 5.25. The zero-order valence-electron chi connectivity index (χ0n) is 9.55. The van der Waals surface area contributed by atoms with Gasteiger partial charge >= 0.3 is 5.69 Å². The summed E-state index contributed by atoms with van der Waals surface area (Å²) in [6.45, 7) is 5.25. The van der Waals surface area contributed by atoms with Crippen molar-refractivity contribution in [3.63, 3.8) is 0 Å². The molecule has 0 radical (unpaired) electrons. The summed E-state index contributed by atoms with van der Waals surface area (Å²) in [4.78, 5) is 3.64. The van der Waals surface area contributed by atoms with Gasteiger partial charge in [-0.2, -0.15) is 0 Å². The van der Waals surface area contributed by atoms with E-state index in [0.29, 0.717) is 11.4 Å². The van der Waals surface area contributed by atoms with Crippen molar-refractivity contribution in [2.45, 2.75) is 0 Å². The van der Waals surface area contributed by atoms with Crippen LogP contribution in [0.4, 0.5) is 17.1 Å². The molecule has 0 fully saturated rings. The van der Waals surface area contributed by atoms with E-state index in [9.17, 15) is 0 Å². The van der Waals surface area contributed by atoms with Crippen molar-refractivity contribution in [3.8, 4) is 12.3 Å². The number of hydrogen-bond acceptors (Lipinski definition) is 2. The van der Waals surface area contributed by atoms with Crippen LogP contribution in [0.25, 0.3) is 4.85 Å². The van der Waals surface area contributed by atoms with Gasteiger partial charge in [0, 0.05) is 23.5 Å². The molecule has 2 aromatic rings. The number of rotatable bonds is 3. The number of para-hydroxylation sites is 1. The van der Waals surface area contributed by atoms with Gasteiger partial charge in [-0.05, 0) is 23.0 Å². The van der Waals surface area contributed by atoms with Crippen LogP contribution in [0.15, 0.2) is 48.5 Å². The van der Waals surface area contributed by atoms with Crippen molar-refractivity contribution in [3.05, 3.63) is 53.4 Å². The van der Waals surface area contributed by atoms with E-state index in [1.165, 1.54) is 0 Å². The maximum absolute atomic E-state index is 5.25. The first kappa shape index (κ1) is 11.0. The van der Waals surface area contributed by atoms with Gasteiger partial charge in [0.1, 0.15) is 0 Å². The molecule has 3 heteroatoms. The molecule has 0 saturated carbocycles. The summed E-state index contributed by atoms with van der Waals surface area (Å²) in [6.07, 6.45) is 0. The van der Waals surface area contributed by atoms with E-state index in [1.807, 2.05) is 48.5 Å². The summed E-state index contributed by atoms with van der Waals surface area (Å²) in [5.74, 6) is 0.647. The van der Waals surface area contributed by atoms with Gasteiger partial charge in [0.15, 0.2) is 0 Å². The molecule has 0 unspecified atom stereocenters. The van der Waals surface area contributed by atoms with Gasteiger partial charge in [-0.3, -0.25) is 0 Å². The lowest BCUT2D eigenvalue weighted by atomic mass is 10.2. The molecule has 0 aliphatic heterocycles. The van der Waals surface area contributed by atoms with Crippen molar-refractivity contribution >= 4 is 17.1 Å². The van der Waals surface area contributed by atoms with Crippen molar-refractivity contribution in [2.75, 3.05) is 12.4 Å². The Morgan fingerprint density at radius 2 is 1.82 bits per heavy atom. The van der Waals surface area contributed by atoms with E-state index in [1.54, 1.807) is 7.11 Å². The van der Waals surface area contributed by atoms with Crippen LogP contribution in [0.5, 0.6) is 5.75 Å². The van der Waals surface area contributed by atoms with Crippen LogP contribution < -0.4 is 10.1 Å². The molecule has 1 N–H and O–H groups in total. The van der Waals surface area contributed by atoms with Crippen LogP contribution in [0.2, 0.25) is 0 Å². The van der Waals surface area contributed by atoms with Gasteiger partial charge in [-0.1, -0.05) is 18.2 Å². The van der Waals surface area contributed by atoms with Crippen LogP contribution in [-0.4, -0.2) is 7.11 Å². The summed E-state index contributed by atoms with van der Waals surface area (Å²) in [5, 5.41) is 3.27. The highest BCUT2D eigenvalue weighted by Gasteiger charge is 2.11. The van der Waals surface area contributed by atoms with E-state index >= 15 is 0 Å². The molecule has 0 aliphatic rings. The van der Waals surface area contributed by atoms with Crippen LogP contribution in [0.3, 0.4) is 0 Å². The number of hydrogen-bond donors (Lipinski definition) is 1. The van der Waals surface area contributed by atoms with Gasteiger partial charge in [0.25, 0.3) is 6.57 Å². The summed E-state index contributed by atoms with van der Waals surface area (Å²) in [7, 11) is 1.59. The van der Waals surface area contributed by atoms with Crippen molar-refractivity contribution in [1.82, 2.24) is 0 Å². The van der Waals surface area contributed by atoms with Crippen LogP contribution in [0, 0.1) is 6.57 Å². The number of ether oxygens (including phenoxy) is 1. The molecule has 0 amide bonds. The molecule has 84 valence electrons. The number of methoxy groups -OCH3 is 1. The monoisotopic (exact) mass is 225 g/mol. The molecular formula is C14H13N2O+. The first-order chi connectivity index (χ1) is 8.33. The average Bonchev–Trinajstić information content (AvgIpc) is 2.40. The summed E-state index contributed by atoms with van der Waals surface area (Å²) < 4.78 is 5.20. The highest BCUT2D eigenvalue weighted by atomic mass is 16.5. The summed E-state index contributed by atoms with van der Waals surface area (Å²) in [5.41, 5.74) is 2.58. The largest absolute Gasteiger partial charge is 0.489 e. The highest BCUT2D eigenvalue weighted by molar-refractivity contribution is 5.68. The number of nitrogens with zero attached hydrogens (tertiary/aromatic N) is 1. The quantitative estimate of drug-likeness (QED) is 0.853. The average molecular weight is 225 g/mol. The second-order valence-electron chi connectivity index (χ2n) is 3.51. The minimum absolute atomic E-state index is 0.631. The fourth-order valence-electron chi connectivity index (χ4n) is 1.55. The summed E-state index contributed by atoms with van der Waals surface area (Å²) >= 11 is 0. The van der Waals surface area contributed by atoms with Crippen molar-refractivity contribution in [1.29, 1.82) is 0 Å². The number of nitrogens with one attached hydrogen (secondary N) is 1. The second-order valence-corrected chi connectivity index (χ2v) is 3.51. The summed E-state index contributed by atoms with van der Waals surface area (Å²) in [6, 6.07) is 15.5. The van der Waals surface area contributed by atoms with Crippen LogP contribution in [0.1, 0.15) is 0 Å². The second kappa shape index (κ2) is 5.04. The van der Waals surface area contributed by atoms with Crippen LogP contribution >= 0.6 is 0 Å². The smallest absolute Gasteiger partial charge is 0.381 e. The van der Waals surface area contributed by atoms with Gasteiger partial charge in [-0.25, -0.2) is 0 Å². The fourth-order valence-corrected chi connectivity index (χ4v) is 1.55. The number of anilines is 2. The molecule has 0 heterocycles. The third kappa shape index (κ3) is 2.56. The minimum atomic E-state index is 0.631. The molecule has 0 saturated heterocycles. The molecule has 0 atom stereocenters. The molecule has 2 rings (SSSR count). The zero-order chi connectivity index (χ0) is 12.1. The van der Waals surface area contributed by atoms with Gasteiger partial charge in [0.2, 0.25) is 5.75 Å². The molecule has 2 aromatic carbocycles. The van der Waals surface area contributed by atoms with Gasteiger partial charge < -0.3 is 10.1 Å². The molecule has 17 heavy (non-hydrogen) atoms. The molecular weight excluding hydrogens is 212 g/mol. The first-order valence-electron chi connectivity index (χ1n) is 5.24. The Bertz CT molecular complexity index is 544. The van der Waals surface area contributed by atoms with E-state index in [0.717, 1.165) is 11.4 Å². The molecule has 3 nitrogen and oxygen atoms in total. The Morgan fingerprint density at radius 1 is 1.06 bits per heavy atom. The molecule has 0 aromatic heterocycles. The van der Waals surface area contributed by atoms with E-state index in [-0.39, 0.29) is 0 Å². The van der Waals surface area contributed by atoms with E-state index < -0.39 is 0 Å². The SMILES string of the molecule is C#[N+]c1ccc(Nc2ccccc2)cc1OC. The fraction of sp³-hybridized carbons (Fsp3) is 0.0714. The lowest BCUT2D eigenvalue weighted by Crippen LogP contribution is -1.91. The number of benzene rings is 2. The van der Waals surface area contributed by atoms with E-state index in [4.69, 9.17) is 11.3 Å². The topological polar surface area (TPSA) is 25.6 Å².